The van der Waals surface area contributed by atoms with Gasteiger partial charge in [0.25, 0.3) is 5.91 Å². The summed E-state index contributed by atoms with van der Waals surface area (Å²) in [4.78, 5) is 11.8. The van der Waals surface area contributed by atoms with Gasteiger partial charge in [0.1, 0.15) is 0 Å². The molecule has 0 radical (unpaired) electrons. The normalized spacial score (nSPS) is 10.4. The summed E-state index contributed by atoms with van der Waals surface area (Å²) in [6.45, 7) is 1.23. The number of hydrogen-bond acceptors (Lipinski definition) is 3. The van der Waals surface area contributed by atoms with Crippen LogP contribution in [-0.4, -0.2) is 35.9 Å². The number of rotatable bonds is 6. The molecule has 1 amide bonds. The first-order valence-corrected chi connectivity index (χ1v) is 6.19. The summed E-state index contributed by atoms with van der Waals surface area (Å²) in [5, 5.41) is 7.06. The van der Waals surface area contributed by atoms with E-state index in [4.69, 9.17) is 4.74 Å². The Morgan fingerprint density at radius 3 is 2.84 bits per heavy atom. The molecule has 5 heteroatoms. The van der Waals surface area contributed by atoms with Crippen molar-refractivity contribution in [1.29, 1.82) is 0 Å². The number of ether oxygens (including phenoxy) is 1. The molecule has 0 saturated heterocycles. The average molecular weight is 259 g/mol. The lowest BCUT2D eigenvalue weighted by atomic mass is 10.3. The van der Waals surface area contributed by atoms with Gasteiger partial charge in [0.05, 0.1) is 5.69 Å². The molecule has 0 aliphatic carbocycles. The van der Waals surface area contributed by atoms with Crippen molar-refractivity contribution in [3.63, 3.8) is 0 Å². The number of hydrogen-bond donors (Lipinski definition) is 1. The van der Waals surface area contributed by atoms with Crippen LogP contribution in [0, 0.1) is 0 Å². The molecule has 1 aromatic carbocycles. The zero-order valence-corrected chi connectivity index (χ0v) is 10.9. The van der Waals surface area contributed by atoms with Crippen LogP contribution < -0.4 is 5.32 Å². The van der Waals surface area contributed by atoms with E-state index >= 15 is 0 Å². The lowest BCUT2D eigenvalue weighted by Crippen LogP contribution is -2.25. The number of methoxy groups -OCH3 is 1. The molecule has 0 saturated carbocycles. The van der Waals surface area contributed by atoms with E-state index in [9.17, 15) is 4.79 Å². The summed E-state index contributed by atoms with van der Waals surface area (Å²) in [6, 6.07) is 11.4. The smallest absolute Gasteiger partial charge is 0.271 e. The molecular formula is C14H17N3O2. The molecule has 0 spiro atoms. The molecule has 19 heavy (non-hydrogen) atoms. The fourth-order valence-electron chi connectivity index (χ4n) is 1.68. The van der Waals surface area contributed by atoms with Gasteiger partial charge in [-0.25, -0.2) is 4.68 Å². The SMILES string of the molecule is COCCCNC(=O)c1ccn(-c2ccccc2)n1. The molecule has 1 heterocycles. The predicted octanol–water partition coefficient (Wildman–Crippen LogP) is 1.64. The molecule has 5 nitrogen and oxygen atoms in total. The predicted molar refractivity (Wildman–Crippen MR) is 72.4 cm³/mol. The Morgan fingerprint density at radius 2 is 2.11 bits per heavy atom. The Morgan fingerprint density at radius 1 is 1.32 bits per heavy atom. The molecule has 0 fully saturated rings. The van der Waals surface area contributed by atoms with E-state index in [1.807, 2.05) is 30.3 Å². The third kappa shape index (κ3) is 3.66. The Bertz CT molecular complexity index is 522. The Labute approximate surface area is 112 Å². The van der Waals surface area contributed by atoms with Crippen LogP contribution in [0.1, 0.15) is 16.9 Å². The van der Waals surface area contributed by atoms with E-state index in [0.717, 1.165) is 12.1 Å². The van der Waals surface area contributed by atoms with Crippen LogP contribution in [0.4, 0.5) is 0 Å². The second-order valence-electron chi connectivity index (χ2n) is 4.08. The number of nitrogens with one attached hydrogen (secondary N) is 1. The highest BCUT2D eigenvalue weighted by Crippen LogP contribution is 2.06. The monoisotopic (exact) mass is 259 g/mol. The number of carbonyl (C=O) groups excluding carboxylic acids is 1. The third-order valence-corrected chi connectivity index (χ3v) is 2.65. The largest absolute Gasteiger partial charge is 0.385 e. The van der Waals surface area contributed by atoms with Crippen molar-refractivity contribution in [2.45, 2.75) is 6.42 Å². The van der Waals surface area contributed by atoms with Gasteiger partial charge < -0.3 is 10.1 Å². The highest BCUT2D eigenvalue weighted by Gasteiger charge is 2.09. The first-order chi connectivity index (χ1) is 9.31. The second-order valence-corrected chi connectivity index (χ2v) is 4.08. The maximum atomic E-state index is 11.8. The molecule has 0 aliphatic heterocycles. The molecule has 1 N–H and O–H groups in total. The summed E-state index contributed by atoms with van der Waals surface area (Å²) in [5.74, 6) is -0.161. The third-order valence-electron chi connectivity index (χ3n) is 2.65. The molecule has 2 rings (SSSR count). The fourth-order valence-corrected chi connectivity index (χ4v) is 1.68. The fraction of sp³-hybridized carbons (Fsp3) is 0.286. The quantitative estimate of drug-likeness (QED) is 0.802. The van der Waals surface area contributed by atoms with Crippen molar-refractivity contribution >= 4 is 5.91 Å². The zero-order chi connectivity index (χ0) is 13.5. The molecule has 0 aliphatic rings. The minimum atomic E-state index is -0.161. The standard InChI is InChI=1S/C14H17N3O2/c1-19-11-5-9-15-14(18)13-8-10-17(16-13)12-6-3-2-4-7-12/h2-4,6-8,10H,5,9,11H2,1H3,(H,15,18). The van der Waals surface area contributed by atoms with E-state index in [1.165, 1.54) is 0 Å². The Hall–Kier alpha value is -2.14. The van der Waals surface area contributed by atoms with Crippen LogP contribution in [0.2, 0.25) is 0 Å². The van der Waals surface area contributed by atoms with Crippen LogP contribution in [0.3, 0.4) is 0 Å². The number of nitrogens with zero attached hydrogens (tertiary/aromatic N) is 2. The van der Waals surface area contributed by atoms with E-state index in [2.05, 4.69) is 10.4 Å². The van der Waals surface area contributed by atoms with Gasteiger partial charge in [-0.2, -0.15) is 5.10 Å². The maximum absolute atomic E-state index is 11.8. The molecule has 0 bridgehead atoms. The second kappa shape index (κ2) is 6.70. The number of aromatic nitrogens is 2. The van der Waals surface area contributed by atoms with Crippen LogP contribution in [0.15, 0.2) is 42.6 Å². The first-order valence-electron chi connectivity index (χ1n) is 6.19. The van der Waals surface area contributed by atoms with Crippen molar-refractivity contribution in [3.05, 3.63) is 48.3 Å². The van der Waals surface area contributed by atoms with Crippen molar-refractivity contribution in [1.82, 2.24) is 15.1 Å². The van der Waals surface area contributed by atoms with Gasteiger partial charge in [-0.3, -0.25) is 4.79 Å². The van der Waals surface area contributed by atoms with Gasteiger partial charge in [0.2, 0.25) is 0 Å². The summed E-state index contributed by atoms with van der Waals surface area (Å²) < 4.78 is 6.60. The maximum Gasteiger partial charge on any atom is 0.271 e. The van der Waals surface area contributed by atoms with Gasteiger partial charge >= 0.3 is 0 Å². The van der Waals surface area contributed by atoms with Gasteiger partial charge in [-0.1, -0.05) is 18.2 Å². The first kappa shape index (κ1) is 13.3. The highest BCUT2D eigenvalue weighted by atomic mass is 16.5. The molecule has 2 aromatic rings. The van der Waals surface area contributed by atoms with Gasteiger partial charge in [0, 0.05) is 26.5 Å². The van der Waals surface area contributed by atoms with Crippen molar-refractivity contribution in [2.75, 3.05) is 20.3 Å². The van der Waals surface area contributed by atoms with E-state index in [1.54, 1.807) is 24.1 Å². The average Bonchev–Trinajstić information content (AvgIpc) is 2.94. The summed E-state index contributed by atoms with van der Waals surface area (Å²) in [5.41, 5.74) is 1.35. The van der Waals surface area contributed by atoms with Crippen molar-refractivity contribution in [2.24, 2.45) is 0 Å². The van der Waals surface area contributed by atoms with Crippen LogP contribution in [0.5, 0.6) is 0 Å². The summed E-state index contributed by atoms with van der Waals surface area (Å²) >= 11 is 0. The lowest BCUT2D eigenvalue weighted by molar-refractivity contribution is 0.0943. The van der Waals surface area contributed by atoms with Crippen molar-refractivity contribution < 1.29 is 9.53 Å². The van der Waals surface area contributed by atoms with Gasteiger partial charge in [-0.05, 0) is 24.6 Å². The van der Waals surface area contributed by atoms with E-state index < -0.39 is 0 Å². The number of carbonyl (C=O) groups is 1. The van der Waals surface area contributed by atoms with Crippen LogP contribution in [0.25, 0.3) is 5.69 Å². The van der Waals surface area contributed by atoms with E-state index in [-0.39, 0.29) is 5.91 Å². The lowest BCUT2D eigenvalue weighted by Gasteiger charge is -2.02. The molecular weight excluding hydrogens is 242 g/mol. The molecule has 0 atom stereocenters. The Balaban J connectivity index is 1.95. The number of amides is 1. The Kier molecular flexibility index (Phi) is 4.69. The minimum Gasteiger partial charge on any atom is -0.385 e. The summed E-state index contributed by atoms with van der Waals surface area (Å²) in [7, 11) is 1.64. The zero-order valence-electron chi connectivity index (χ0n) is 10.9. The van der Waals surface area contributed by atoms with Crippen molar-refractivity contribution in [3.8, 4) is 5.69 Å². The van der Waals surface area contributed by atoms with Crippen LogP contribution >= 0.6 is 0 Å². The van der Waals surface area contributed by atoms with Gasteiger partial charge in [-0.15, -0.1) is 0 Å². The van der Waals surface area contributed by atoms with Crippen LogP contribution in [-0.2, 0) is 4.74 Å². The molecule has 100 valence electrons. The highest BCUT2D eigenvalue weighted by molar-refractivity contribution is 5.92. The van der Waals surface area contributed by atoms with Gasteiger partial charge in [0.15, 0.2) is 5.69 Å². The summed E-state index contributed by atoms with van der Waals surface area (Å²) in [6.07, 6.45) is 2.57. The molecule has 1 aromatic heterocycles. The topological polar surface area (TPSA) is 56.1 Å². The number of para-hydroxylation sites is 1. The van der Waals surface area contributed by atoms with E-state index in [0.29, 0.717) is 18.8 Å². The minimum absolute atomic E-state index is 0.161. The molecule has 0 unspecified atom stereocenters. The number of benzene rings is 1.